The van der Waals surface area contributed by atoms with Crippen LogP contribution in [0.15, 0.2) is 0 Å². The van der Waals surface area contributed by atoms with Crippen LogP contribution in [0.3, 0.4) is 0 Å². The number of nitrogens with zero attached hydrogens (tertiary/aromatic N) is 1. The van der Waals surface area contributed by atoms with Gasteiger partial charge in [-0.05, 0) is 24.4 Å². The molecule has 80 valence electrons. The Labute approximate surface area is 93.3 Å². The molecule has 1 aliphatic rings. The highest BCUT2D eigenvalue weighted by Gasteiger charge is 2.28. The van der Waals surface area contributed by atoms with Crippen molar-refractivity contribution in [2.45, 2.75) is 38.1 Å². The number of hydrogen-bond acceptors (Lipinski definition) is 2. The van der Waals surface area contributed by atoms with Crippen LogP contribution in [0.5, 0.6) is 0 Å². The van der Waals surface area contributed by atoms with Crippen molar-refractivity contribution in [3.63, 3.8) is 0 Å². The van der Waals surface area contributed by atoms with Crippen molar-refractivity contribution in [2.75, 3.05) is 5.88 Å². The van der Waals surface area contributed by atoms with Crippen LogP contribution >= 0.6 is 23.2 Å². The summed E-state index contributed by atoms with van der Waals surface area (Å²) in [5, 5.41) is -0.706. The highest BCUT2D eigenvalue weighted by molar-refractivity contribution is 6.64. The molecule has 1 saturated carbocycles. The number of carbonyl (C=O) groups excluding carboxylic acids is 2. The van der Waals surface area contributed by atoms with Crippen molar-refractivity contribution in [1.82, 2.24) is 4.90 Å². The van der Waals surface area contributed by atoms with Gasteiger partial charge in [0.15, 0.2) is 0 Å². The molecule has 0 radical (unpaired) electrons. The van der Waals surface area contributed by atoms with E-state index in [1.807, 2.05) is 0 Å². The molecule has 0 aromatic heterocycles. The molecule has 0 N–H and O–H groups in total. The summed E-state index contributed by atoms with van der Waals surface area (Å²) in [7, 11) is 0. The molecule has 0 aromatic rings. The summed E-state index contributed by atoms with van der Waals surface area (Å²) in [5.41, 5.74) is 0. The lowest BCUT2D eigenvalue weighted by Crippen LogP contribution is -2.43. The summed E-state index contributed by atoms with van der Waals surface area (Å²) >= 11 is 10.8. The van der Waals surface area contributed by atoms with Crippen molar-refractivity contribution < 1.29 is 9.59 Å². The monoisotopic (exact) mass is 237 g/mol. The second-order valence-corrected chi connectivity index (χ2v) is 4.03. The third-order valence-corrected chi connectivity index (χ3v) is 2.92. The minimum Gasteiger partial charge on any atom is -0.273 e. The van der Waals surface area contributed by atoms with Crippen LogP contribution in [0.4, 0.5) is 4.79 Å². The Hall–Kier alpha value is -0.280. The SMILES string of the molecule is O=C(Cl)N(C(=O)CCl)C1CCCCC1. The second-order valence-electron chi connectivity index (χ2n) is 3.44. The maximum absolute atomic E-state index is 11.3. The van der Waals surface area contributed by atoms with Gasteiger partial charge in [-0.2, -0.15) is 0 Å². The van der Waals surface area contributed by atoms with E-state index >= 15 is 0 Å². The zero-order valence-electron chi connectivity index (χ0n) is 7.84. The molecule has 14 heavy (non-hydrogen) atoms. The molecule has 1 rings (SSSR count). The number of carbonyl (C=O) groups is 2. The van der Waals surface area contributed by atoms with Crippen LogP contribution in [-0.2, 0) is 4.79 Å². The molecule has 2 amide bonds. The van der Waals surface area contributed by atoms with Crippen LogP contribution in [0, 0.1) is 0 Å². The Morgan fingerprint density at radius 2 is 1.79 bits per heavy atom. The van der Waals surface area contributed by atoms with Crippen molar-refractivity contribution in [3.8, 4) is 0 Å². The molecule has 1 aliphatic carbocycles. The van der Waals surface area contributed by atoms with Crippen LogP contribution in [-0.4, -0.2) is 28.1 Å². The first-order chi connectivity index (χ1) is 6.66. The number of amides is 2. The summed E-state index contributed by atoms with van der Waals surface area (Å²) in [5.74, 6) is -0.576. The van der Waals surface area contributed by atoms with E-state index < -0.39 is 11.3 Å². The number of halogens is 2. The summed E-state index contributed by atoms with van der Waals surface area (Å²) in [4.78, 5) is 23.5. The molecular weight excluding hydrogens is 225 g/mol. The zero-order valence-corrected chi connectivity index (χ0v) is 9.35. The minimum atomic E-state index is -0.706. The molecular formula is C9H13Cl2NO2. The van der Waals surface area contributed by atoms with Gasteiger partial charge in [0.05, 0.1) is 0 Å². The third kappa shape index (κ3) is 2.85. The van der Waals surface area contributed by atoms with Crippen molar-refractivity contribution in [2.24, 2.45) is 0 Å². The van der Waals surface area contributed by atoms with E-state index in [4.69, 9.17) is 23.2 Å². The minimum absolute atomic E-state index is 0.0417. The predicted octanol–water partition coefficient (Wildman–Crippen LogP) is 2.75. The number of alkyl halides is 1. The van der Waals surface area contributed by atoms with E-state index in [9.17, 15) is 9.59 Å². The maximum Gasteiger partial charge on any atom is 0.323 e. The number of imide groups is 1. The molecule has 3 nitrogen and oxygen atoms in total. The van der Waals surface area contributed by atoms with Gasteiger partial charge in [0, 0.05) is 6.04 Å². The lowest BCUT2D eigenvalue weighted by atomic mass is 9.94. The largest absolute Gasteiger partial charge is 0.323 e. The van der Waals surface area contributed by atoms with Gasteiger partial charge in [0.25, 0.3) is 0 Å². The van der Waals surface area contributed by atoms with Crippen LogP contribution < -0.4 is 0 Å². The van der Waals surface area contributed by atoms with Gasteiger partial charge in [0.2, 0.25) is 5.91 Å². The fourth-order valence-corrected chi connectivity index (χ4v) is 2.21. The van der Waals surface area contributed by atoms with Crippen molar-refractivity contribution in [3.05, 3.63) is 0 Å². The van der Waals surface area contributed by atoms with E-state index in [1.165, 1.54) is 0 Å². The Bertz CT molecular complexity index is 227. The van der Waals surface area contributed by atoms with Crippen LogP contribution in [0.25, 0.3) is 0 Å². The number of hydrogen-bond donors (Lipinski definition) is 0. The molecule has 0 heterocycles. The van der Waals surface area contributed by atoms with E-state index in [0.29, 0.717) is 0 Å². The molecule has 0 aromatic carbocycles. The van der Waals surface area contributed by atoms with E-state index in [-0.39, 0.29) is 11.9 Å². The highest BCUT2D eigenvalue weighted by atomic mass is 35.5. The van der Waals surface area contributed by atoms with Gasteiger partial charge in [-0.1, -0.05) is 19.3 Å². The average molecular weight is 238 g/mol. The summed E-state index contributed by atoms with van der Waals surface area (Å²) in [6, 6.07) is -0.0417. The van der Waals surface area contributed by atoms with E-state index in [2.05, 4.69) is 0 Å². The van der Waals surface area contributed by atoms with Gasteiger partial charge in [-0.25, -0.2) is 0 Å². The topological polar surface area (TPSA) is 37.4 Å². The van der Waals surface area contributed by atoms with Crippen LogP contribution in [0.1, 0.15) is 32.1 Å². The fourth-order valence-electron chi connectivity index (χ4n) is 1.85. The van der Waals surface area contributed by atoms with Gasteiger partial charge >= 0.3 is 5.37 Å². The van der Waals surface area contributed by atoms with Gasteiger partial charge in [-0.15, -0.1) is 11.6 Å². The Balaban J connectivity index is 2.65. The Morgan fingerprint density at radius 1 is 1.21 bits per heavy atom. The Kier molecular flexibility index (Phi) is 4.69. The molecule has 0 atom stereocenters. The summed E-state index contributed by atoms with van der Waals surface area (Å²) < 4.78 is 0. The third-order valence-electron chi connectivity index (χ3n) is 2.51. The van der Waals surface area contributed by atoms with Crippen molar-refractivity contribution >= 4 is 34.5 Å². The normalized spacial score (nSPS) is 17.9. The van der Waals surface area contributed by atoms with Crippen LogP contribution in [0.2, 0.25) is 0 Å². The van der Waals surface area contributed by atoms with Gasteiger partial charge in [0.1, 0.15) is 5.88 Å². The quantitative estimate of drug-likeness (QED) is 0.421. The number of rotatable bonds is 2. The standard InChI is InChI=1S/C9H13Cl2NO2/c10-6-8(13)12(9(11)14)7-4-2-1-3-5-7/h7H,1-6H2. The zero-order chi connectivity index (χ0) is 10.6. The van der Waals surface area contributed by atoms with Gasteiger partial charge in [-0.3, -0.25) is 14.5 Å². The lowest BCUT2D eigenvalue weighted by molar-refractivity contribution is -0.127. The lowest BCUT2D eigenvalue weighted by Gasteiger charge is -2.30. The molecule has 5 heteroatoms. The maximum atomic E-state index is 11.3. The summed E-state index contributed by atoms with van der Waals surface area (Å²) in [6.07, 6.45) is 4.94. The highest BCUT2D eigenvalue weighted by Crippen LogP contribution is 2.23. The Morgan fingerprint density at radius 3 is 2.21 bits per heavy atom. The first-order valence-corrected chi connectivity index (χ1v) is 5.65. The first-order valence-electron chi connectivity index (χ1n) is 4.74. The molecule has 0 saturated heterocycles. The average Bonchev–Trinajstić information content (AvgIpc) is 2.19. The predicted molar refractivity (Wildman–Crippen MR) is 55.7 cm³/mol. The molecule has 1 fully saturated rings. The smallest absolute Gasteiger partial charge is 0.273 e. The van der Waals surface area contributed by atoms with Gasteiger partial charge < -0.3 is 0 Å². The van der Waals surface area contributed by atoms with E-state index in [1.54, 1.807) is 0 Å². The molecule has 0 spiro atoms. The fraction of sp³-hybridized carbons (Fsp3) is 0.778. The van der Waals surface area contributed by atoms with Crippen molar-refractivity contribution in [1.29, 1.82) is 0 Å². The second kappa shape index (κ2) is 5.56. The summed E-state index contributed by atoms with van der Waals surface area (Å²) in [6.45, 7) is 0. The molecule has 0 bridgehead atoms. The molecule has 0 unspecified atom stereocenters. The first kappa shape index (κ1) is 11.8. The van der Waals surface area contributed by atoms with E-state index in [0.717, 1.165) is 37.0 Å². The molecule has 0 aliphatic heterocycles.